The summed E-state index contributed by atoms with van der Waals surface area (Å²) >= 11 is 0. The number of aromatic nitrogens is 10. The number of ether oxygens (including phenoxy) is 1. The molecule has 1 aliphatic rings. The van der Waals surface area contributed by atoms with E-state index in [1.165, 1.54) is 38.6 Å². The molecule has 12 aromatic rings. The van der Waals surface area contributed by atoms with Crippen molar-refractivity contribution in [1.29, 1.82) is 5.41 Å². The molecule has 6 aromatic carbocycles. The van der Waals surface area contributed by atoms with E-state index in [-0.39, 0.29) is 17.8 Å². The van der Waals surface area contributed by atoms with Crippen LogP contribution in [-0.2, 0) is 24.0 Å². The number of nitrogens with one attached hydrogen (secondary N) is 2. The van der Waals surface area contributed by atoms with E-state index in [4.69, 9.17) is 14.3 Å². The van der Waals surface area contributed by atoms with Crippen LogP contribution >= 0.6 is 0 Å². The maximum Gasteiger partial charge on any atom is 0.251 e. The number of imidazole rings is 1. The first-order valence-electron chi connectivity index (χ1n) is 34.7. The third kappa shape index (κ3) is 18.2. The molecular formula is C78H103N13O3S. The third-order valence-corrected chi connectivity index (χ3v) is 17.1. The highest BCUT2D eigenvalue weighted by molar-refractivity contribution is 7.89. The number of nitrogens with zero attached hydrogens (tertiary/aromatic N) is 11. The number of hydrogen-bond donors (Lipinski definition) is 2. The van der Waals surface area contributed by atoms with Crippen LogP contribution in [0.4, 0.5) is 11.4 Å². The van der Waals surface area contributed by atoms with Gasteiger partial charge in [-0.1, -0.05) is 172 Å². The minimum Gasteiger partial charge on any atom is -0.490 e. The van der Waals surface area contributed by atoms with Gasteiger partial charge in [-0.25, -0.2) is 13.4 Å². The molecule has 0 atom stereocenters. The Hall–Kier alpha value is -9.09. The molecular weight excluding hydrogens is 1200 g/mol. The van der Waals surface area contributed by atoms with Gasteiger partial charge in [0.1, 0.15) is 18.2 Å². The van der Waals surface area contributed by atoms with Gasteiger partial charge in [-0.15, -0.1) is 0 Å². The zero-order valence-electron chi connectivity index (χ0n) is 62.4. The molecule has 0 amide bonds. The number of hydrogen-bond acceptors (Lipinski definition) is 11. The van der Waals surface area contributed by atoms with Gasteiger partial charge in [0.2, 0.25) is 0 Å². The summed E-state index contributed by atoms with van der Waals surface area (Å²) in [5.74, 6) is 3.89. The number of aryl methyl sites for hydroxylation is 4. The van der Waals surface area contributed by atoms with E-state index >= 15 is 0 Å². The zero-order valence-corrected chi connectivity index (χ0v) is 60.2. The van der Waals surface area contributed by atoms with Gasteiger partial charge >= 0.3 is 0 Å². The first-order valence-corrected chi connectivity index (χ1v) is 35.1. The highest BCUT2D eigenvalue weighted by Crippen LogP contribution is 2.33. The Labute approximate surface area is 569 Å². The van der Waals surface area contributed by atoms with Gasteiger partial charge in [-0.3, -0.25) is 14.0 Å². The molecule has 0 radical (unpaired) electrons. The SMILES string of the molecule is CC(C)N1CCOc2ccccc21.CC(C)c1cccc2c1cnn2C.CC(C)c1nn(S(C)(=O)=O)c2ccccc12.CCNc1ccccc1C(=N)C(C)C.Cc1nc(C(C)C)n2ccccc12.Cc1nn(C(C)C)c2ccccc12.[2H]C([2H])([2H])n1nc(C(C)C)c2ccccc21. The summed E-state index contributed by atoms with van der Waals surface area (Å²) in [5, 5.41) is 32.8. The Balaban J connectivity index is 0.000000161. The minimum absolute atomic E-state index is 0.202. The molecule has 7 heterocycles. The van der Waals surface area contributed by atoms with Crippen LogP contribution in [-0.4, -0.2) is 94.0 Å². The molecule has 0 bridgehead atoms. The molecule has 2 N–H and O–H groups in total. The van der Waals surface area contributed by atoms with Gasteiger partial charge in [0.15, 0.2) is 0 Å². The van der Waals surface area contributed by atoms with Crippen molar-refractivity contribution in [3.05, 3.63) is 210 Å². The molecule has 0 saturated carbocycles. The number of benzene rings is 6. The van der Waals surface area contributed by atoms with Crippen molar-refractivity contribution < 1.29 is 17.3 Å². The van der Waals surface area contributed by atoms with Crippen LogP contribution in [0.5, 0.6) is 5.75 Å². The fourth-order valence-corrected chi connectivity index (χ4v) is 12.1. The van der Waals surface area contributed by atoms with Gasteiger partial charge in [-0.05, 0) is 132 Å². The van der Waals surface area contributed by atoms with Crippen LogP contribution in [0.15, 0.2) is 170 Å². The lowest BCUT2D eigenvalue weighted by Gasteiger charge is -2.34. The molecule has 6 aromatic heterocycles. The highest BCUT2D eigenvalue weighted by Gasteiger charge is 2.21. The van der Waals surface area contributed by atoms with Crippen LogP contribution < -0.4 is 15.0 Å². The van der Waals surface area contributed by atoms with E-state index in [2.05, 4.69) is 188 Å². The van der Waals surface area contributed by atoms with E-state index in [0.29, 0.717) is 40.7 Å². The zero-order chi connectivity index (χ0) is 71.9. The Morgan fingerprint density at radius 3 is 1.76 bits per heavy atom. The van der Waals surface area contributed by atoms with Crippen LogP contribution in [0.25, 0.3) is 49.1 Å². The van der Waals surface area contributed by atoms with Crippen molar-refractivity contribution >= 4 is 76.2 Å². The lowest BCUT2D eigenvalue weighted by atomic mass is 9.98. The molecule has 0 saturated heterocycles. The fraction of sp³-hybridized carbons (Fsp3) is 0.385. The third-order valence-electron chi connectivity index (χ3n) is 16.2. The van der Waals surface area contributed by atoms with Crippen molar-refractivity contribution in [2.75, 3.05) is 36.2 Å². The molecule has 95 heavy (non-hydrogen) atoms. The summed E-state index contributed by atoms with van der Waals surface area (Å²) in [6.45, 7) is 36.3. The second-order valence-corrected chi connectivity index (χ2v) is 27.7. The second kappa shape index (κ2) is 33.3. The number of pyridine rings is 1. The first kappa shape index (κ1) is 68.8. The summed E-state index contributed by atoms with van der Waals surface area (Å²) in [4.78, 5) is 6.93. The summed E-state index contributed by atoms with van der Waals surface area (Å²) in [6.07, 6.45) is 5.19. The maximum atomic E-state index is 11.6. The normalized spacial score (nSPS) is 12.6. The molecule has 0 aliphatic carbocycles. The Morgan fingerprint density at radius 1 is 0.589 bits per heavy atom. The second-order valence-electron chi connectivity index (χ2n) is 25.9. The van der Waals surface area contributed by atoms with Crippen LogP contribution in [0.2, 0.25) is 0 Å². The number of fused-ring (bicyclic) bond motifs is 6. The number of anilines is 2. The summed E-state index contributed by atoms with van der Waals surface area (Å²) in [5.41, 5.74) is 14.3. The van der Waals surface area contributed by atoms with E-state index in [9.17, 15) is 8.42 Å². The van der Waals surface area contributed by atoms with Gasteiger partial charge in [0.05, 0.1) is 75.0 Å². The Morgan fingerprint density at radius 2 is 1.15 bits per heavy atom. The smallest absolute Gasteiger partial charge is 0.251 e. The van der Waals surface area contributed by atoms with E-state index in [1.54, 1.807) is 12.1 Å². The predicted octanol–water partition coefficient (Wildman–Crippen LogP) is 18.5. The predicted molar refractivity (Wildman–Crippen MR) is 399 cm³/mol. The lowest BCUT2D eigenvalue weighted by molar-refractivity contribution is 0.303. The van der Waals surface area contributed by atoms with E-state index < -0.39 is 17.0 Å². The van der Waals surface area contributed by atoms with Gasteiger partial charge < -0.3 is 24.8 Å². The van der Waals surface area contributed by atoms with Gasteiger partial charge in [0.25, 0.3) is 10.0 Å². The van der Waals surface area contributed by atoms with E-state index in [1.807, 2.05) is 144 Å². The summed E-state index contributed by atoms with van der Waals surface area (Å²) < 4.78 is 59.5. The fourth-order valence-electron chi connectivity index (χ4n) is 11.3. The minimum atomic E-state index is -3.34. The molecule has 17 heteroatoms. The Kier molecular flexibility index (Phi) is 24.1. The van der Waals surface area contributed by atoms with Crippen molar-refractivity contribution in [2.24, 2.45) is 19.9 Å². The quantitative estimate of drug-likeness (QED) is 0.119. The number of para-hydroxylation sites is 6. The average molecular weight is 1310 g/mol. The van der Waals surface area contributed by atoms with Crippen molar-refractivity contribution in [3.8, 4) is 5.75 Å². The van der Waals surface area contributed by atoms with Crippen LogP contribution in [0.1, 0.15) is 177 Å². The standard InChI is InChI=1S/C12H18N2.C11H14N2O2S.4C11H14N2.C11H15NO/c1-4-14-11-8-6-5-7-10(11)12(13)9(2)3;1-8(2)11-9-6-4-5-7-10(9)13(12-11)16(3,14)15;1-8(2)9-5-4-6-11-10(9)7-12-13(11)3;1-8(2)11-9-6-4-5-7-10(9)13(3)12-11;1-8(2)11-12-9(3)10-6-4-5-7-13(10)11;1-8(2)13-11-7-5-4-6-10(11)9(3)12-13;1-9(2)12-7-8-13-11-6-4-3-5-10(11)12/h5-9,13-14H,4H2,1-3H3;4-8H,1-3H3;4*4-8H,1-3H3;3-6,9H,7-8H2,1-2H3/i;;;3D3;;;. The van der Waals surface area contributed by atoms with Gasteiger partial charge in [0, 0.05) is 87.4 Å². The molecule has 0 spiro atoms. The largest absolute Gasteiger partial charge is 0.490 e. The average Bonchev–Trinajstić information content (AvgIpc) is 1.59. The van der Waals surface area contributed by atoms with E-state index in [0.717, 1.165) is 91.1 Å². The monoisotopic (exact) mass is 1300 g/mol. The highest BCUT2D eigenvalue weighted by atomic mass is 32.2. The maximum absolute atomic E-state index is 11.6. The molecule has 13 rings (SSSR count). The topological polar surface area (TPSA) is 171 Å². The molecule has 16 nitrogen and oxygen atoms in total. The van der Waals surface area contributed by atoms with Crippen LogP contribution in [0, 0.1) is 25.2 Å². The summed E-state index contributed by atoms with van der Waals surface area (Å²) in [6, 6.07) is 53.0. The van der Waals surface area contributed by atoms with Crippen LogP contribution in [0.3, 0.4) is 0 Å². The summed E-state index contributed by atoms with van der Waals surface area (Å²) in [7, 11) is -1.36. The number of rotatable bonds is 11. The molecule has 504 valence electrons. The Bertz CT molecular complexity index is 4590. The molecule has 0 fully saturated rings. The van der Waals surface area contributed by atoms with Crippen molar-refractivity contribution in [1.82, 2.24) is 47.9 Å². The molecule has 1 aliphatic heterocycles. The lowest BCUT2D eigenvalue weighted by Crippen LogP contribution is -2.37. The molecule has 0 unspecified atom stereocenters. The van der Waals surface area contributed by atoms with Crippen molar-refractivity contribution in [2.45, 2.75) is 153 Å². The van der Waals surface area contributed by atoms with Crippen molar-refractivity contribution in [3.63, 3.8) is 0 Å². The van der Waals surface area contributed by atoms with Gasteiger partial charge in [-0.2, -0.15) is 24.5 Å². The first-order chi connectivity index (χ1) is 46.4.